The molecule has 0 radical (unpaired) electrons. The molecule has 8 heteroatoms. The fourth-order valence-electron chi connectivity index (χ4n) is 2.61. The number of carbonyl (C=O) groups is 1. The summed E-state index contributed by atoms with van der Waals surface area (Å²) in [7, 11) is 0. The number of hydrogen-bond acceptors (Lipinski definition) is 4. The molecule has 1 fully saturated rings. The molecule has 0 aromatic carbocycles. The zero-order valence-corrected chi connectivity index (χ0v) is 14.3. The first kappa shape index (κ1) is 19.4. The summed E-state index contributed by atoms with van der Waals surface area (Å²) >= 11 is 0. The van der Waals surface area contributed by atoms with Gasteiger partial charge in [0.05, 0.1) is 0 Å². The van der Waals surface area contributed by atoms with Gasteiger partial charge in [-0.3, -0.25) is 9.36 Å². The topological polar surface area (TPSA) is 71.8 Å². The van der Waals surface area contributed by atoms with E-state index in [2.05, 4.69) is 20.6 Å². The number of carbonyl (C=O) groups excluding carboxylic acids is 1. The zero-order valence-electron chi connectivity index (χ0n) is 12.6. The lowest BCUT2D eigenvalue weighted by Crippen LogP contribution is -2.31. The number of nitrogens with zero attached hydrogens (tertiary/aromatic N) is 3. The minimum Gasteiger partial charge on any atom is -0.352 e. The number of nitrogens with one attached hydrogen (secondary N) is 2. The molecule has 1 aliphatic heterocycles. The molecular weight excluding hydrogens is 337 g/mol. The Balaban J connectivity index is 0.00000132. The summed E-state index contributed by atoms with van der Waals surface area (Å²) in [4.78, 5) is 20.4. The van der Waals surface area contributed by atoms with Crippen LogP contribution in [0.5, 0.6) is 0 Å². The van der Waals surface area contributed by atoms with Gasteiger partial charge in [0, 0.05) is 43.2 Å². The highest BCUT2D eigenvalue weighted by Crippen LogP contribution is 2.11. The van der Waals surface area contributed by atoms with E-state index in [0.29, 0.717) is 19.0 Å². The van der Waals surface area contributed by atoms with Crippen LogP contribution in [0.25, 0.3) is 5.82 Å². The van der Waals surface area contributed by atoms with Gasteiger partial charge in [0.2, 0.25) is 5.91 Å². The van der Waals surface area contributed by atoms with Crippen molar-refractivity contribution in [1.82, 2.24) is 25.2 Å². The smallest absolute Gasteiger partial charge is 0.221 e. The van der Waals surface area contributed by atoms with Gasteiger partial charge in [0.1, 0.15) is 12.1 Å². The van der Waals surface area contributed by atoms with Crippen LogP contribution in [0.1, 0.15) is 24.8 Å². The molecular formula is C15H21Cl2N5O. The highest BCUT2D eigenvalue weighted by Gasteiger charge is 2.17. The summed E-state index contributed by atoms with van der Waals surface area (Å²) in [5.74, 6) is 0.879. The van der Waals surface area contributed by atoms with Crippen molar-refractivity contribution in [2.24, 2.45) is 0 Å². The van der Waals surface area contributed by atoms with Crippen LogP contribution < -0.4 is 10.6 Å². The number of pyridine rings is 1. The van der Waals surface area contributed by atoms with Crippen LogP contribution in [0, 0.1) is 0 Å². The van der Waals surface area contributed by atoms with Crippen molar-refractivity contribution in [3.63, 3.8) is 0 Å². The highest BCUT2D eigenvalue weighted by atomic mass is 35.5. The predicted octanol–water partition coefficient (Wildman–Crippen LogP) is 1.87. The lowest BCUT2D eigenvalue weighted by Gasteiger charge is -2.12. The van der Waals surface area contributed by atoms with E-state index in [9.17, 15) is 4.79 Å². The van der Waals surface area contributed by atoms with E-state index >= 15 is 0 Å². The molecule has 2 aromatic heterocycles. The van der Waals surface area contributed by atoms with Gasteiger partial charge in [-0.05, 0) is 25.5 Å². The Morgan fingerprint density at radius 2 is 2.26 bits per heavy atom. The quantitative estimate of drug-likeness (QED) is 0.856. The van der Waals surface area contributed by atoms with Crippen molar-refractivity contribution in [3.05, 3.63) is 42.6 Å². The van der Waals surface area contributed by atoms with Crippen molar-refractivity contribution in [3.8, 4) is 5.82 Å². The first-order valence-corrected chi connectivity index (χ1v) is 7.25. The summed E-state index contributed by atoms with van der Waals surface area (Å²) in [6.45, 7) is 1.50. The molecule has 0 bridgehead atoms. The van der Waals surface area contributed by atoms with E-state index in [1.54, 1.807) is 18.7 Å². The number of hydrogen-bond donors (Lipinski definition) is 2. The summed E-state index contributed by atoms with van der Waals surface area (Å²) in [5, 5.41) is 6.31. The molecule has 1 saturated heterocycles. The van der Waals surface area contributed by atoms with E-state index in [-0.39, 0.29) is 30.7 Å². The standard InChI is InChI=1S/C15H19N5O.2ClH/c21-14(9-13-4-2-5-17-13)19-10-12-3-1-6-18-15(12)20-8-7-16-11-20;;/h1,3,6-8,11,13,17H,2,4-5,9-10H2,(H,19,21);2*1H. The van der Waals surface area contributed by atoms with Crippen LogP contribution in [0.2, 0.25) is 0 Å². The summed E-state index contributed by atoms with van der Waals surface area (Å²) in [5.41, 5.74) is 0.975. The molecule has 2 N–H and O–H groups in total. The van der Waals surface area contributed by atoms with Gasteiger partial charge in [0.15, 0.2) is 0 Å². The van der Waals surface area contributed by atoms with Crippen molar-refractivity contribution >= 4 is 30.7 Å². The van der Waals surface area contributed by atoms with Crippen molar-refractivity contribution < 1.29 is 4.79 Å². The van der Waals surface area contributed by atoms with E-state index in [0.717, 1.165) is 30.8 Å². The minimum atomic E-state index is 0. The van der Waals surface area contributed by atoms with E-state index < -0.39 is 0 Å². The number of halogens is 2. The Hall–Kier alpha value is -1.63. The van der Waals surface area contributed by atoms with Crippen LogP contribution in [-0.2, 0) is 11.3 Å². The molecule has 3 heterocycles. The maximum Gasteiger partial charge on any atom is 0.221 e. The summed E-state index contributed by atoms with van der Waals surface area (Å²) < 4.78 is 1.85. The zero-order chi connectivity index (χ0) is 14.5. The summed E-state index contributed by atoms with van der Waals surface area (Å²) in [6.07, 6.45) is 9.78. The molecule has 0 aliphatic carbocycles. The Labute approximate surface area is 147 Å². The number of rotatable bonds is 5. The minimum absolute atomic E-state index is 0. The van der Waals surface area contributed by atoms with Gasteiger partial charge in [0.25, 0.3) is 0 Å². The molecule has 3 rings (SSSR count). The average molecular weight is 358 g/mol. The van der Waals surface area contributed by atoms with Crippen LogP contribution in [-0.4, -0.2) is 33.0 Å². The van der Waals surface area contributed by atoms with Gasteiger partial charge in [-0.1, -0.05) is 6.07 Å². The monoisotopic (exact) mass is 357 g/mol. The second-order valence-electron chi connectivity index (χ2n) is 5.23. The normalized spacial score (nSPS) is 16.3. The average Bonchev–Trinajstić information content (AvgIpc) is 3.18. The maximum atomic E-state index is 12.0. The van der Waals surface area contributed by atoms with E-state index in [1.807, 2.05) is 22.9 Å². The molecule has 1 atom stereocenters. The Morgan fingerprint density at radius 3 is 2.96 bits per heavy atom. The molecule has 126 valence electrons. The van der Waals surface area contributed by atoms with Gasteiger partial charge >= 0.3 is 0 Å². The van der Waals surface area contributed by atoms with Crippen LogP contribution in [0.15, 0.2) is 37.1 Å². The molecule has 0 spiro atoms. The SMILES string of the molecule is Cl.Cl.O=C(CC1CCCN1)NCc1cccnc1-n1ccnc1. The highest BCUT2D eigenvalue weighted by molar-refractivity contribution is 5.85. The third-order valence-electron chi connectivity index (χ3n) is 3.69. The maximum absolute atomic E-state index is 12.0. The predicted molar refractivity (Wildman–Crippen MR) is 93.3 cm³/mol. The fourth-order valence-corrected chi connectivity index (χ4v) is 2.61. The van der Waals surface area contributed by atoms with Crippen LogP contribution in [0.3, 0.4) is 0 Å². The van der Waals surface area contributed by atoms with Crippen LogP contribution >= 0.6 is 24.8 Å². The third kappa shape index (κ3) is 5.20. The van der Waals surface area contributed by atoms with Crippen LogP contribution in [0.4, 0.5) is 0 Å². The van der Waals surface area contributed by atoms with E-state index in [4.69, 9.17) is 0 Å². The molecule has 1 amide bonds. The number of imidazole rings is 1. The fraction of sp³-hybridized carbons (Fsp3) is 0.400. The molecule has 6 nitrogen and oxygen atoms in total. The lowest BCUT2D eigenvalue weighted by molar-refractivity contribution is -0.121. The molecule has 2 aromatic rings. The largest absolute Gasteiger partial charge is 0.352 e. The van der Waals surface area contributed by atoms with Gasteiger partial charge < -0.3 is 10.6 Å². The van der Waals surface area contributed by atoms with Crippen molar-refractivity contribution in [1.29, 1.82) is 0 Å². The first-order valence-electron chi connectivity index (χ1n) is 7.25. The van der Waals surface area contributed by atoms with Gasteiger partial charge in [-0.2, -0.15) is 0 Å². The van der Waals surface area contributed by atoms with E-state index in [1.165, 1.54) is 0 Å². The Kier molecular flexibility index (Phi) is 8.02. The second-order valence-corrected chi connectivity index (χ2v) is 5.23. The molecule has 1 aliphatic rings. The summed E-state index contributed by atoms with van der Waals surface area (Å²) in [6, 6.07) is 4.17. The Morgan fingerprint density at radius 1 is 1.39 bits per heavy atom. The lowest BCUT2D eigenvalue weighted by atomic mass is 10.1. The number of aromatic nitrogens is 3. The van der Waals surface area contributed by atoms with Crippen molar-refractivity contribution in [2.75, 3.05) is 6.54 Å². The van der Waals surface area contributed by atoms with Gasteiger partial charge in [-0.25, -0.2) is 9.97 Å². The second kappa shape index (κ2) is 9.50. The van der Waals surface area contributed by atoms with Gasteiger partial charge in [-0.15, -0.1) is 24.8 Å². The Bertz CT molecular complexity index is 600. The third-order valence-corrected chi connectivity index (χ3v) is 3.69. The number of amides is 1. The molecule has 23 heavy (non-hydrogen) atoms. The van der Waals surface area contributed by atoms with Crippen molar-refractivity contribution in [2.45, 2.75) is 31.8 Å². The first-order chi connectivity index (χ1) is 10.3. The molecule has 0 saturated carbocycles. The molecule has 1 unspecified atom stereocenters.